The molecule has 1 rings (SSSR count). The lowest BCUT2D eigenvalue weighted by atomic mass is 10.2. The fourth-order valence-electron chi connectivity index (χ4n) is 1.39. The van der Waals surface area contributed by atoms with E-state index in [0.29, 0.717) is 5.82 Å². The van der Waals surface area contributed by atoms with E-state index in [2.05, 4.69) is 4.98 Å². The maximum absolute atomic E-state index is 12.4. The zero-order valence-electron chi connectivity index (χ0n) is 13.3. The Bertz CT molecular complexity index is 313. The lowest BCUT2D eigenvalue weighted by Crippen LogP contribution is -2.06. The van der Waals surface area contributed by atoms with E-state index in [0.717, 1.165) is 6.20 Å². The predicted octanol–water partition coefficient (Wildman–Crippen LogP) is 5.66. The monoisotopic (exact) mass is 280 g/mol. The fraction of sp³-hybridized carbons (Fsp3) is 0.786. The molecule has 0 saturated carbocycles. The van der Waals surface area contributed by atoms with E-state index >= 15 is 0 Å². The van der Waals surface area contributed by atoms with Crippen molar-refractivity contribution < 1.29 is 13.2 Å². The number of nitrogens with zero attached hydrogens (tertiary/aromatic N) is 2. The van der Waals surface area contributed by atoms with Crippen molar-refractivity contribution in [3.63, 3.8) is 0 Å². The maximum Gasteiger partial charge on any atom is 0.434 e. The summed E-state index contributed by atoms with van der Waals surface area (Å²) in [5.41, 5.74) is -0.806. The first kappa shape index (κ1) is 20.3. The number of rotatable bonds is 2. The van der Waals surface area contributed by atoms with Crippen LogP contribution in [0.5, 0.6) is 0 Å². The average molecular weight is 280 g/mol. The largest absolute Gasteiger partial charge is 0.434 e. The van der Waals surface area contributed by atoms with Crippen LogP contribution in [0.4, 0.5) is 13.2 Å². The van der Waals surface area contributed by atoms with Crippen molar-refractivity contribution in [3.05, 3.63) is 17.7 Å². The molecule has 0 bridgehead atoms. The maximum atomic E-state index is 12.4. The summed E-state index contributed by atoms with van der Waals surface area (Å²) >= 11 is 0. The van der Waals surface area contributed by atoms with Gasteiger partial charge in [0.2, 0.25) is 0 Å². The SMILES string of the molecule is CC.CC.CC(C)c1nc(C(F)(F)F)cn1C(C)C. The molecule has 0 aliphatic heterocycles. The molecule has 0 saturated heterocycles. The van der Waals surface area contributed by atoms with E-state index in [-0.39, 0.29) is 12.0 Å². The topological polar surface area (TPSA) is 17.8 Å². The van der Waals surface area contributed by atoms with Crippen LogP contribution in [0.15, 0.2) is 6.20 Å². The molecule has 1 heterocycles. The molecule has 2 nitrogen and oxygen atoms in total. The minimum Gasteiger partial charge on any atom is -0.332 e. The van der Waals surface area contributed by atoms with E-state index in [1.807, 2.05) is 55.4 Å². The van der Waals surface area contributed by atoms with Gasteiger partial charge in [-0.25, -0.2) is 4.98 Å². The van der Waals surface area contributed by atoms with Gasteiger partial charge in [0, 0.05) is 18.2 Å². The molecule has 0 aliphatic rings. The van der Waals surface area contributed by atoms with Gasteiger partial charge in [0.05, 0.1) is 0 Å². The van der Waals surface area contributed by atoms with Crippen LogP contribution >= 0.6 is 0 Å². The molecule has 0 aromatic carbocycles. The van der Waals surface area contributed by atoms with Crippen molar-refractivity contribution in [1.82, 2.24) is 9.55 Å². The number of imidazole rings is 1. The molecule has 0 amide bonds. The van der Waals surface area contributed by atoms with Gasteiger partial charge in [-0.15, -0.1) is 0 Å². The normalized spacial score (nSPS) is 10.8. The summed E-state index contributed by atoms with van der Waals surface area (Å²) in [5.74, 6) is 0.473. The fourth-order valence-corrected chi connectivity index (χ4v) is 1.39. The Balaban J connectivity index is 0. The van der Waals surface area contributed by atoms with Gasteiger partial charge >= 0.3 is 6.18 Å². The summed E-state index contributed by atoms with van der Waals surface area (Å²) in [5, 5.41) is 0. The first-order chi connectivity index (χ1) is 8.73. The highest BCUT2D eigenvalue weighted by Crippen LogP contribution is 2.31. The first-order valence-corrected chi connectivity index (χ1v) is 6.89. The van der Waals surface area contributed by atoms with E-state index in [9.17, 15) is 13.2 Å². The smallest absolute Gasteiger partial charge is 0.332 e. The molecular formula is C14H27F3N2. The molecule has 1 aromatic rings. The molecule has 0 spiro atoms. The van der Waals surface area contributed by atoms with Gasteiger partial charge in [0.15, 0.2) is 5.69 Å². The Hall–Kier alpha value is -1.00. The van der Waals surface area contributed by atoms with Crippen LogP contribution in [0.2, 0.25) is 0 Å². The van der Waals surface area contributed by atoms with Crippen LogP contribution in [0.3, 0.4) is 0 Å². The third kappa shape index (κ3) is 6.12. The van der Waals surface area contributed by atoms with Crippen molar-refractivity contribution in [2.45, 2.75) is 73.5 Å². The first-order valence-electron chi connectivity index (χ1n) is 6.89. The molecular weight excluding hydrogens is 253 g/mol. The predicted molar refractivity (Wildman–Crippen MR) is 74.4 cm³/mol. The van der Waals surface area contributed by atoms with Crippen LogP contribution in [-0.4, -0.2) is 9.55 Å². The van der Waals surface area contributed by atoms with E-state index < -0.39 is 11.9 Å². The second-order valence-corrected chi connectivity index (χ2v) is 4.14. The molecule has 0 N–H and O–H groups in total. The molecule has 0 unspecified atom stereocenters. The highest BCUT2D eigenvalue weighted by molar-refractivity contribution is 5.11. The minimum absolute atomic E-state index is 0.00833. The minimum atomic E-state index is -4.36. The van der Waals surface area contributed by atoms with Crippen molar-refractivity contribution in [2.75, 3.05) is 0 Å². The van der Waals surface area contributed by atoms with Crippen LogP contribution in [0.1, 0.15) is 78.9 Å². The quantitative estimate of drug-likeness (QED) is 0.683. The van der Waals surface area contributed by atoms with E-state index in [4.69, 9.17) is 0 Å². The average Bonchev–Trinajstić information content (AvgIpc) is 2.79. The van der Waals surface area contributed by atoms with Crippen LogP contribution in [-0.2, 0) is 6.18 Å². The van der Waals surface area contributed by atoms with Crippen molar-refractivity contribution in [2.24, 2.45) is 0 Å². The Morgan fingerprint density at radius 2 is 1.42 bits per heavy atom. The van der Waals surface area contributed by atoms with Gasteiger partial charge in [-0.1, -0.05) is 41.5 Å². The van der Waals surface area contributed by atoms with Gasteiger partial charge in [-0.05, 0) is 13.8 Å². The van der Waals surface area contributed by atoms with Gasteiger partial charge < -0.3 is 4.57 Å². The molecule has 0 radical (unpaired) electrons. The Morgan fingerprint density at radius 3 is 1.63 bits per heavy atom. The second kappa shape index (κ2) is 8.99. The lowest BCUT2D eigenvalue weighted by Gasteiger charge is -2.12. The summed E-state index contributed by atoms with van der Waals surface area (Å²) in [6, 6.07) is -0.00833. The molecule has 0 aliphatic carbocycles. The summed E-state index contributed by atoms with van der Waals surface area (Å²) in [7, 11) is 0. The zero-order valence-corrected chi connectivity index (χ0v) is 13.3. The van der Waals surface area contributed by atoms with Crippen LogP contribution < -0.4 is 0 Å². The molecule has 5 heteroatoms. The standard InChI is InChI=1S/C10H15F3N2.2C2H6/c1-6(2)9-14-8(10(11,12)13)5-15(9)7(3)4;2*1-2/h5-7H,1-4H3;2*1-2H3. The van der Waals surface area contributed by atoms with Gasteiger partial charge in [0.25, 0.3) is 0 Å². The molecule has 19 heavy (non-hydrogen) atoms. The van der Waals surface area contributed by atoms with Crippen LogP contribution in [0.25, 0.3) is 0 Å². The third-order valence-electron chi connectivity index (χ3n) is 2.12. The third-order valence-corrected chi connectivity index (χ3v) is 2.12. The molecule has 0 fully saturated rings. The Kier molecular flexibility index (Phi) is 9.62. The summed E-state index contributed by atoms with van der Waals surface area (Å²) in [4.78, 5) is 3.64. The second-order valence-electron chi connectivity index (χ2n) is 4.14. The highest BCUT2D eigenvalue weighted by Gasteiger charge is 2.35. The zero-order chi connectivity index (χ0) is 15.8. The van der Waals surface area contributed by atoms with Crippen molar-refractivity contribution >= 4 is 0 Å². The van der Waals surface area contributed by atoms with E-state index in [1.165, 1.54) is 0 Å². The number of hydrogen-bond acceptors (Lipinski definition) is 1. The summed E-state index contributed by atoms with van der Waals surface area (Å²) < 4.78 is 38.9. The van der Waals surface area contributed by atoms with Crippen molar-refractivity contribution in [1.29, 1.82) is 0 Å². The molecule has 114 valence electrons. The molecule has 0 atom stereocenters. The molecule has 1 aromatic heterocycles. The summed E-state index contributed by atoms with van der Waals surface area (Å²) in [6.07, 6.45) is -3.27. The number of alkyl halides is 3. The van der Waals surface area contributed by atoms with Crippen LogP contribution in [0, 0.1) is 0 Å². The highest BCUT2D eigenvalue weighted by atomic mass is 19.4. The van der Waals surface area contributed by atoms with Crippen molar-refractivity contribution in [3.8, 4) is 0 Å². The Morgan fingerprint density at radius 1 is 1.00 bits per heavy atom. The lowest BCUT2D eigenvalue weighted by molar-refractivity contribution is -0.141. The van der Waals surface area contributed by atoms with Gasteiger partial charge in [0.1, 0.15) is 5.82 Å². The van der Waals surface area contributed by atoms with E-state index in [1.54, 1.807) is 4.57 Å². The van der Waals surface area contributed by atoms with Gasteiger partial charge in [-0.3, -0.25) is 0 Å². The number of halogens is 3. The number of hydrogen-bond donors (Lipinski definition) is 0. The number of aromatic nitrogens is 2. The summed E-state index contributed by atoms with van der Waals surface area (Å²) in [6.45, 7) is 15.4. The Labute approximate surface area is 115 Å². The van der Waals surface area contributed by atoms with Gasteiger partial charge in [-0.2, -0.15) is 13.2 Å².